The summed E-state index contributed by atoms with van der Waals surface area (Å²) in [6, 6.07) is 21.8. The van der Waals surface area contributed by atoms with Crippen molar-refractivity contribution in [2.45, 2.75) is 13.5 Å². The number of hydrogen-bond acceptors (Lipinski definition) is 4. The normalized spacial score (nSPS) is 10.7. The smallest absolute Gasteiger partial charge is 0.248 e. The lowest BCUT2D eigenvalue weighted by molar-refractivity contribution is -0.111. The number of phenolic OH excluding ortho intramolecular Hbond substituents is 1. The van der Waals surface area contributed by atoms with E-state index in [-0.39, 0.29) is 11.7 Å². The molecule has 148 valence electrons. The van der Waals surface area contributed by atoms with Crippen molar-refractivity contribution in [3.8, 4) is 17.2 Å². The molecule has 3 rings (SSSR count). The van der Waals surface area contributed by atoms with E-state index >= 15 is 0 Å². The van der Waals surface area contributed by atoms with E-state index in [2.05, 4.69) is 5.32 Å². The van der Waals surface area contributed by atoms with Crippen LogP contribution in [0.4, 0.5) is 5.69 Å². The third-order valence-corrected chi connectivity index (χ3v) is 4.07. The monoisotopic (exact) mass is 389 g/mol. The number of aromatic hydroxyl groups is 1. The molecule has 0 aliphatic carbocycles. The molecule has 5 nitrogen and oxygen atoms in total. The summed E-state index contributed by atoms with van der Waals surface area (Å²) in [5, 5.41) is 12.0. The number of benzene rings is 3. The van der Waals surface area contributed by atoms with Crippen molar-refractivity contribution >= 4 is 17.7 Å². The first-order chi connectivity index (χ1) is 14.1. The summed E-state index contributed by atoms with van der Waals surface area (Å²) in [5.74, 6) is 1.17. The van der Waals surface area contributed by atoms with Crippen LogP contribution in [-0.2, 0) is 11.4 Å². The SMILES string of the molecule is CCOc1cc(/C=C/C(=O)Nc2ccc(O)cc2)ccc1OCc1ccccc1. The highest BCUT2D eigenvalue weighted by Crippen LogP contribution is 2.29. The van der Waals surface area contributed by atoms with Crippen LogP contribution < -0.4 is 14.8 Å². The molecule has 0 atom stereocenters. The molecule has 0 aliphatic heterocycles. The summed E-state index contributed by atoms with van der Waals surface area (Å²) in [5.41, 5.74) is 2.50. The Morgan fingerprint density at radius 3 is 2.45 bits per heavy atom. The van der Waals surface area contributed by atoms with E-state index in [1.54, 1.807) is 18.2 Å². The van der Waals surface area contributed by atoms with Crippen molar-refractivity contribution in [2.24, 2.45) is 0 Å². The summed E-state index contributed by atoms with van der Waals surface area (Å²) < 4.78 is 11.6. The standard InChI is InChI=1S/C24H23NO4/c1-2-28-23-16-18(8-14-22(23)29-17-19-6-4-3-5-7-19)9-15-24(27)25-20-10-12-21(26)13-11-20/h3-16,26H,2,17H2,1H3,(H,25,27)/b15-9+. The van der Waals surface area contributed by atoms with Crippen LogP contribution in [0.1, 0.15) is 18.1 Å². The Morgan fingerprint density at radius 1 is 0.966 bits per heavy atom. The quantitative estimate of drug-likeness (QED) is 0.419. The Balaban J connectivity index is 1.65. The molecule has 0 aromatic heterocycles. The average molecular weight is 389 g/mol. The molecule has 0 unspecified atom stereocenters. The van der Waals surface area contributed by atoms with Gasteiger partial charge in [-0.05, 0) is 60.5 Å². The van der Waals surface area contributed by atoms with Crippen molar-refractivity contribution in [3.05, 3.63) is 90.0 Å². The molecule has 3 aromatic rings. The van der Waals surface area contributed by atoms with Crippen molar-refractivity contribution in [3.63, 3.8) is 0 Å². The van der Waals surface area contributed by atoms with Gasteiger partial charge in [0.1, 0.15) is 12.4 Å². The van der Waals surface area contributed by atoms with Gasteiger partial charge in [-0.15, -0.1) is 0 Å². The van der Waals surface area contributed by atoms with Gasteiger partial charge in [-0.2, -0.15) is 0 Å². The lowest BCUT2D eigenvalue weighted by atomic mass is 10.2. The Morgan fingerprint density at radius 2 is 1.72 bits per heavy atom. The van der Waals surface area contributed by atoms with Gasteiger partial charge in [0, 0.05) is 11.8 Å². The molecule has 0 saturated carbocycles. The van der Waals surface area contributed by atoms with Crippen LogP contribution in [0.25, 0.3) is 6.08 Å². The van der Waals surface area contributed by atoms with Crippen LogP contribution in [0.3, 0.4) is 0 Å². The Labute approximate surface area is 170 Å². The molecular formula is C24H23NO4. The highest BCUT2D eigenvalue weighted by molar-refractivity contribution is 6.01. The summed E-state index contributed by atoms with van der Waals surface area (Å²) in [6.45, 7) is 2.87. The maximum atomic E-state index is 12.1. The topological polar surface area (TPSA) is 67.8 Å². The van der Waals surface area contributed by atoms with Crippen LogP contribution in [0.15, 0.2) is 78.9 Å². The minimum Gasteiger partial charge on any atom is -0.508 e. The number of carbonyl (C=O) groups is 1. The molecule has 3 aromatic carbocycles. The lowest BCUT2D eigenvalue weighted by Gasteiger charge is -2.12. The van der Waals surface area contributed by atoms with E-state index in [1.807, 2.05) is 55.5 Å². The van der Waals surface area contributed by atoms with Crippen molar-refractivity contribution in [2.75, 3.05) is 11.9 Å². The molecule has 0 fully saturated rings. The Bertz CT molecular complexity index is 966. The molecule has 0 aliphatic rings. The second-order valence-corrected chi connectivity index (χ2v) is 6.28. The first-order valence-electron chi connectivity index (χ1n) is 9.35. The summed E-state index contributed by atoms with van der Waals surface area (Å²) in [4.78, 5) is 12.1. The first kappa shape index (κ1) is 20.0. The number of rotatable bonds is 8. The fourth-order valence-corrected chi connectivity index (χ4v) is 2.65. The number of nitrogens with one attached hydrogen (secondary N) is 1. The maximum absolute atomic E-state index is 12.1. The molecule has 2 N–H and O–H groups in total. The molecule has 5 heteroatoms. The van der Waals surface area contributed by atoms with E-state index < -0.39 is 0 Å². The van der Waals surface area contributed by atoms with Crippen LogP contribution in [-0.4, -0.2) is 17.6 Å². The van der Waals surface area contributed by atoms with Crippen LogP contribution in [0.5, 0.6) is 17.2 Å². The van der Waals surface area contributed by atoms with Gasteiger partial charge in [0.05, 0.1) is 6.61 Å². The second-order valence-electron chi connectivity index (χ2n) is 6.28. The largest absolute Gasteiger partial charge is 0.508 e. The zero-order chi connectivity index (χ0) is 20.5. The van der Waals surface area contributed by atoms with Gasteiger partial charge < -0.3 is 19.9 Å². The minimum absolute atomic E-state index is 0.150. The summed E-state index contributed by atoms with van der Waals surface area (Å²) in [7, 11) is 0. The van der Waals surface area contributed by atoms with E-state index in [0.717, 1.165) is 11.1 Å². The van der Waals surface area contributed by atoms with Crippen molar-refractivity contribution in [1.29, 1.82) is 0 Å². The minimum atomic E-state index is -0.266. The first-order valence-corrected chi connectivity index (χ1v) is 9.35. The third-order valence-electron chi connectivity index (χ3n) is 4.07. The lowest BCUT2D eigenvalue weighted by Crippen LogP contribution is -2.07. The number of ether oxygens (including phenoxy) is 2. The zero-order valence-corrected chi connectivity index (χ0v) is 16.2. The van der Waals surface area contributed by atoms with Gasteiger partial charge in [0.2, 0.25) is 5.91 Å². The molecule has 0 heterocycles. The number of carbonyl (C=O) groups excluding carboxylic acids is 1. The van der Waals surface area contributed by atoms with Crippen molar-refractivity contribution in [1.82, 2.24) is 0 Å². The van der Waals surface area contributed by atoms with Gasteiger partial charge in [-0.25, -0.2) is 0 Å². The van der Waals surface area contributed by atoms with E-state index in [0.29, 0.717) is 30.4 Å². The molecule has 0 saturated heterocycles. The van der Waals surface area contributed by atoms with Crippen molar-refractivity contribution < 1.29 is 19.4 Å². The van der Waals surface area contributed by atoms with E-state index in [9.17, 15) is 9.90 Å². The van der Waals surface area contributed by atoms with Crippen LogP contribution in [0.2, 0.25) is 0 Å². The number of amides is 1. The van der Waals surface area contributed by atoms with Gasteiger partial charge in [-0.1, -0.05) is 36.4 Å². The summed E-state index contributed by atoms with van der Waals surface area (Å²) in [6.07, 6.45) is 3.15. The molecule has 29 heavy (non-hydrogen) atoms. The maximum Gasteiger partial charge on any atom is 0.248 e. The molecular weight excluding hydrogens is 366 g/mol. The zero-order valence-electron chi connectivity index (χ0n) is 16.2. The van der Waals surface area contributed by atoms with E-state index in [1.165, 1.54) is 18.2 Å². The molecule has 0 bridgehead atoms. The fraction of sp³-hybridized carbons (Fsp3) is 0.125. The molecule has 0 radical (unpaired) electrons. The van der Waals surface area contributed by atoms with Gasteiger partial charge in [-0.3, -0.25) is 4.79 Å². The predicted octanol–water partition coefficient (Wildman–Crippen LogP) is 5.02. The van der Waals surface area contributed by atoms with Crippen LogP contribution in [0, 0.1) is 0 Å². The van der Waals surface area contributed by atoms with E-state index in [4.69, 9.17) is 9.47 Å². The number of phenols is 1. The second kappa shape index (κ2) is 9.99. The Kier molecular flexibility index (Phi) is 6.90. The summed E-state index contributed by atoms with van der Waals surface area (Å²) >= 11 is 0. The third kappa shape index (κ3) is 6.14. The predicted molar refractivity (Wildman–Crippen MR) is 114 cm³/mol. The molecule has 1 amide bonds. The van der Waals surface area contributed by atoms with Crippen LogP contribution >= 0.6 is 0 Å². The number of anilines is 1. The fourth-order valence-electron chi connectivity index (χ4n) is 2.65. The Hall–Kier alpha value is -3.73. The van der Waals surface area contributed by atoms with Gasteiger partial charge >= 0.3 is 0 Å². The van der Waals surface area contributed by atoms with Gasteiger partial charge in [0.25, 0.3) is 0 Å². The number of hydrogen-bond donors (Lipinski definition) is 2. The van der Waals surface area contributed by atoms with Gasteiger partial charge in [0.15, 0.2) is 11.5 Å². The highest BCUT2D eigenvalue weighted by atomic mass is 16.5. The molecule has 0 spiro atoms. The average Bonchev–Trinajstić information content (AvgIpc) is 2.74. The highest BCUT2D eigenvalue weighted by Gasteiger charge is 2.07.